The number of aromatic nitrogens is 2. The Morgan fingerprint density at radius 1 is 1.22 bits per heavy atom. The summed E-state index contributed by atoms with van der Waals surface area (Å²) in [6.07, 6.45) is 1.16. The lowest BCUT2D eigenvalue weighted by molar-refractivity contribution is 0.582. The summed E-state index contributed by atoms with van der Waals surface area (Å²) in [6.45, 7) is 2.65. The van der Waals surface area contributed by atoms with Crippen molar-refractivity contribution in [1.29, 1.82) is 0 Å². The number of hydrogen-bond acceptors (Lipinski definition) is 7. The van der Waals surface area contributed by atoms with Gasteiger partial charge in [0.25, 0.3) is 0 Å². The van der Waals surface area contributed by atoms with E-state index < -0.39 is 10.0 Å². The molecule has 6 nitrogen and oxygen atoms in total. The van der Waals surface area contributed by atoms with Gasteiger partial charge in [-0.05, 0) is 42.0 Å². The summed E-state index contributed by atoms with van der Waals surface area (Å²) >= 11 is 2.45. The Labute approximate surface area is 165 Å². The average molecular weight is 427 g/mol. The largest absolute Gasteiger partial charge is 0.360 e. The van der Waals surface area contributed by atoms with Crippen LogP contribution < -0.4 is 10.0 Å². The maximum Gasteiger partial charge on any atom is 0.250 e. The first-order valence-electron chi connectivity index (χ1n) is 8.29. The van der Waals surface area contributed by atoms with Gasteiger partial charge in [0.2, 0.25) is 15.2 Å². The SMILES string of the molecule is Cc1cc(Cc2nsc(NCCCNS(=O)(=O)c3cccs3)n2)ccc1F. The van der Waals surface area contributed by atoms with Crippen molar-refractivity contribution in [3.8, 4) is 0 Å². The number of nitrogens with one attached hydrogen (secondary N) is 2. The van der Waals surface area contributed by atoms with E-state index in [9.17, 15) is 12.8 Å². The van der Waals surface area contributed by atoms with Gasteiger partial charge in [0.15, 0.2) is 0 Å². The summed E-state index contributed by atoms with van der Waals surface area (Å²) in [4.78, 5) is 4.41. The number of aryl methyl sites for hydroxylation is 1. The normalized spacial score (nSPS) is 11.6. The molecule has 0 aliphatic heterocycles. The fraction of sp³-hybridized carbons (Fsp3) is 0.294. The Morgan fingerprint density at radius 3 is 2.81 bits per heavy atom. The zero-order valence-electron chi connectivity index (χ0n) is 14.6. The number of anilines is 1. The first kappa shape index (κ1) is 19.9. The molecule has 2 heterocycles. The lowest BCUT2D eigenvalue weighted by Crippen LogP contribution is -2.25. The van der Waals surface area contributed by atoms with Crippen molar-refractivity contribution in [3.05, 3.63) is 58.5 Å². The van der Waals surface area contributed by atoms with E-state index in [4.69, 9.17) is 0 Å². The number of sulfonamides is 1. The standard InChI is InChI=1S/C17H19FN4O2S3/c1-12-10-13(5-6-14(12)18)11-15-21-17(26-22-15)19-7-3-8-20-27(23,24)16-4-2-9-25-16/h2,4-6,9-10,20H,3,7-8,11H2,1H3,(H,19,21,22). The smallest absolute Gasteiger partial charge is 0.250 e. The minimum absolute atomic E-state index is 0.220. The van der Waals surface area contributed by atoms with E-state index in [-0.39, 0.29) is 5.82 Å². The van der Waals surface area contributed by atoms with Crippen LogP contribution in [0.1, 0.15) is 23.4 Å². The molecule has 0 amide bonds. The number of nitrogens with zero attached hydrogens (tertiary/aromatic N) is 2. The molecule has 0 atom stereocenters. The van der Waals surface area contributed by atoms with Crippen LogP contribution in [0.15, 0.2) is 39.9 Å². The van der Waals surface area contributed by atoms with Gasteiger partial charge in [-0.25, -0.2) is 22.5 Å². The van der Waals surface area contributed by atoms with Crippen molar-refractivity contribution in [2.75, 3.05) is 18.4 Å². The molecule has 3 rings (SSSR count). The highest BCUT2D eigenvalue weighted by Crippen LogP contribution is 2.17. The van der Waals surface area contributed by atoms with Crippen molar-refractivity contribution >= 4 is 38.0 Å². The molecule has 2 N–H and O–H groups in total. The molecule has 144 valence electrons. The van der Waals surface area contributed by atoms with Crippen LogP contribution >= 0.6 is 22.9 Å². The monoisotopic (exact) mass is 426 g/mol. The van der Waals surface area contributed by atoms with Crippen LogP contribution in [0.4, 0.5) is 9.52 Å². The van der Waals surface area contributed by atoms with Gasteiger partial charge in [0.1, 0.15) is 15.9 Å². The summed E-state index contributed by atoms with van der Waals surface area (Å²) in [6, 6.07) is 8.27. The van der Waals surface area contributed by atoms with E-state index in [1.165, 1.54) is 28.9 Å². The van der Waals surface area contributed by atoms with Crippen molar-refractivity contribution in [1.82, 2.24) is 14.1 Å². The molecule has 0 saturated carbocycles. The Morgan fingerprint density at radius 2 is 2.07 bits per heavy atom. The van der Waals surface area contributed by atoms with E-state index in [2.05, 4.69) is 19.4 Å². The van der Waals surface area contributed by atoms with Crippen LogP contribution in [0, 0.1) is 12.7 Å². The minimum Gasteiger partial charge on any atom is -0.360 e. The number of benzene rings is 1. The minimum atomic E-state index is -3.41. The number of hydrogen-bond donors (Lipinski definition) is 2. The quantitative estimate of drug-likeness (QED) is 0.512. The number of halogens is 1. The lowest BCUT2D eigenvalue weighted by Gasteiger charge is -2.05. The number of rotatable bonds is 9. The average Bonchev–Trinajstić information content (AvgIpc) is 3.30. The van der Waals surface area contributed by atoms with Gasteiger partial charge in [0.05, 0.1) is 0 Å². The molecule has 2 aromatic heterocycles. The second-order valence-corrected chi connectivity index (χ2v) is 9.58. The molecular formula is C17H19FN4O2S3. The molecule has 0 spiro atoms. The van der Waals surface area contributed by atoms with E-state index in [0.29, 0.717) is 46.7 Å². The maximum absolute atomic E-state index is 13.3. The molecule has 0 aliphatic rings. The van der Waals surface area contributed by atoms with Gasteiger partial charge in [-0.3, -0.25) is 0 Å². The van der Waals surface area contributed by atoms with E-state index >= 15 is 0 Å². The first-order valence-corrected chi connectivity index (χ1v) is 11.4. The molecule has 0 fully saturated rings. The zero-order valence-corrected chi connectivity index (χ0v) is 17.1. The molecule has 0 bridgehead atoms. The summed E-state index contributed by atoms with van der Waals surface area (Å²) in [5, 5.41) is 5.56. The van der Waals surface area contributed by atoms with E-state index in [0.717, 1.165) is 5.56 Å². The van der Waals surface area contributed by atoms with Gasteiger partial charge in [-0.1, -0.05) is 18.2 Å². The molecular weight excluding hydrogens is 407 g/mol. The van der Waals surface area contributed by atoms with Crippen molar-refractivity contribution in [3.63, 3.8) is 0 Å². The Bertz CT molecular complexity index is 988. The highest BCUT2D eigenvalue weighted by Gasteiger charge is 2.13. The third-order valence-corrected chi connectivity index (χ3v) is 7.30. The summed E-state index contributed by atoms with van der Waals surface area (Å²) in [5.41, 5.74) is 1.56. The fourth-order valence-electron chi connectivity index (χ4n) is 2.37. The van der Waals surface area contributed by atoms with Crippen molar-refractivity contribution in [2.24, 2.45) is 0 Å². The van der Waals surface area contributed by atoms with Gasteiger partial charge in [0, 0.05) is 31.0 Å². The van der Waals surface area contributed by atoms with Gasteiger partial charge < -0.3 is 5.32 Å². The van der Waals surface area contributed by atoms with E-state index in [1.807, 2.05) is 0 Å². The van der Waals surface area contributed by atoms with Crippen LogP contribution in [0.3, 0.4) is 0 Å². The molecule has 27 heavy (non-hydrogen) atoms. The topological polar surface area (TPSA) is 84.0 Å². The molecule has 0 unspecified atom stereocenters. The molecule has 3 aromatic rings. The second-order valence-electron chi connectivity index (χ2n) is 5.89. The van der Waals surface area contributed by atoms with E-state index in [1.54, 1.807) is 36.6 Å². The third-order valence-electron chi connectivity index (χ3n) is 3.73. The highest BCUT2D eigenvalue weighted by molar-refractivity contribution is 7.91. The van der Waals surface area contributed by atoms with Crippen molar-refractivity contribution in [2.45, 2.75) is 24.0 Å². The molecule has 10 heteroatoms. The van der Waals surface area contributed by atoms with Crippen LogP contribution in [-0.2, 0) is 16.4 Å². The fourth-order valence-corrected chi connectivity index (χ4v) is 5.10. The summed E-state index contributed by atoms with van der Waals surface area (Å²) < 4.78 is 44.5. The van der Waals surface area contributed by atoms with Crippen LogP contribution in [0.2, 0.25) is 0 Å². The second kappa shape index (κ2) is 8.87. The van der Waals surface area contributed by atoms with Crippen LogP contribution in [-0.4, -0.2) is 30.9 Å². The molecule has 0 radical (unpaired) electrons. The lowest BCUT2D eigenvalue weighted by atomic mass is 10.1. The highest BCUT2D eigenvalue weighted by atomic mass is 32.2. The molecule has 0 saturated heterocycles. The van der Waals surface area contributed by atoms with Gasteiger partial charge in [-0.2, -0.15) is 4.37 Å². The summed E-state index contributed by atoms with van der Waals surface area (Å²) in [5.74, 6) is 0.453. The third kappa shape index (κ3) is 5.55. The summed E-state index contributed by atoms with van der Waals surface area (Å²) in [7, 11) is -3.41. The maximum atomic E-state index is 13.3. The Balaban J connectivity index is 1.42. The van der Waals surface area contributed by atoms with Crippen molar-refractivity contribution < 1.29 is 12.8 Å². The predicted molar refractivity (Wildman–Crippen MR) is 106 cm³/mol. The Kier molecular flexibility index (Phi) is 6.53. The van der Waals surface area contributed by atoms with Gasteiger partial charge >= 0.3 is 0 Å². The van der Waals surface area contributed by atoms with Gasteiger partial charge in [-0.15, -0.1) is 11.3 Å². The number of thiophene rings is 1. The first-order chi connectivity index (χ1) is 12.9. The predicted octanol–water partition coefficient (Wildman–Crippen LogP) is 3.42. The molecule has 0 aliphatic carbocycles. The van der Waals surface area contributed by atoms with Crippen LogP contribution in [0.5, 0.6) is 0 Å². The molecule has 1 aromatic carbocycles. The Hall–Kier alpha value is -1.88. The zero-order chi connectivity index (χ0) is 19.3. The van der Waals surface area contributed by atoms with Crippen LogP contribution in [0.25, 0.3) is 0 Å².